The molecule has 1 rings (SSSR count). The quantitative estimate of drug-likeness (QED) is 0.463. The topological polar surface area (TPSA) is 41.8 Å². The van der Waals surface area contributed by atoms with Gasteiger partial charge in [-0.3, -0.25) is 4.79 Å². The Morgan fingerprint density at radius 1 is 1.44 bits per heavy atom. The van der Waals surface area contributed by atoms with Crippen molar-refractivity contribution in [1.82, 2.24) is 0 Å². The summed E-state index contributed by atoms with van der Waals surface area (Å²) in [4.78, 5) is 10.6. The molecule has 0 unspecified atom stereocenters. The second-order valence-electron chi connectivity index (χ2n) is 1.59. The Kier molecular flexibility index (Phi) is 1.90. The van der Waals surface area contributed by atoms with Crippen LogP contribution in [0.1, 0.15) is 6.42 Å². The second-order valence-corrected chi connectivity index (χ2v) is 1.59. The molecule has 0 radical (unpaired) electrons. The highest BCUT2D eigenvalue weighted by Crippen LogP contribution is 1.85. The molecule has 0 spiro atoms. The first-order valence-corrected chi connectivity index (χ1v) is 2.64. The van der Waals surface area contributed by atoms with Crippen LogP contribution >= 0.6 is 0 Å². The van der Waals surface area contributed by atoms with Crippen molar-refractivity contribution >= 4 is 18.2 Å². The summed E-state index contributed by atoms with van der Waals surface area (Å²) in [6, 6.07) is 0. The standard InChI is InChI=1S/C6H6N2O/c9-6-2-1-4-7-8-5-3-6/h1-2,4-5H,3H2/b2-1-,7-4-,8-5-. The third kappa shape index (κ3) is 1.99. The summed E-state index contributed by atoms with van der Waals surface area (Å²) < 4.78 is 0. The molecule has 1 aliphatic rings. The fourth-order valence-electron chi connectivity index (χ4n) is 0.473. The van der Waals surface area contributed by atoms with Crippen LogP contribution in [0.5, 0.6) is 0 Å². The minimum absolute atomic E-state index is 0.0601. The van der Waals surface area contributed by atoms with E-state index in [9.17, 15) is 4.79 Å². The number of nitrogens with zero attached hydrogens (tertiary/aromatic N) is 2. The number of carbonyl (C=O) groups is 1. The molecule has 1 aliphatic heterocycles. The van der Waals surface area contributed by atoms with Crippen LogP contribution in [0, 0.1) is 0 Å². The van der Waals surface area contributed by atoms with Crippen LogP contribution in [0.4, 0.5) is 0 Å². The summed E-state index contributed by atoms with van der Waals surface area (Å²) >= 11 is 0. The molecule has 0 saturated carbocycles. The molecule has 1 heterocycles. The van der Waals surface area contributed by atoms with Crippen molar-refractivity contribution < 1.29 is 4.79 Å². The molecular formula is C6H6N2O. The highest BCUT2D eigenvalue weighted by atomic mass is 16.1. The van der Waals surface area contributed by atoms with Gasteiger partial charge in [0.2, 0.25) is 0 Å². The van der Waals surface area contributed by atoms with Gasteiger partial charge in [-0.1, -0.05) is 0 Å². The molecule has 0 fully saturated rings. The SMILES string of the molecule is O=C1\C=C/C=N\N=C/C1. The molecule has 3 nitrogen and oxygen atoms in total. The van der Waals surface area contributed by atoms with Crippen molar-refractivity contribution in [3.05, 3.63) is 12.2 Å². The van der Waals surface area contributed by atoms with E-state index in [0.717, 1.165) is 0 Å². The first-order valence-electron chi connectivity index (χ1n) is 2.64. The van der Waals surface area contributed by atoms with Crippen molar-refractivity contribution in [1.29, 1.82) is 0 Å². The maximum absolute atomic E-state index is 10.6. The van der Waals surface area contributed by atoms with E-state index in [4.69, 9.17) is 0 Å². The molecule has 0 aliphatic carbocycles. The molecule has 9 heavy (non-hydrogen) atoms. The normalized spacial score (nSPS) is 28.2. The predicted octanol–water partition coefficient (Wildman–Crippen LogP) is 0.572. The average molecular weight is 122 g/mol. The lowest BCUT2D eigenvalue weighted by Crippen LogP contribution is -1.93. The van der Waals surface area contributed by atoms with Crippen molar-refractivity contribution in [3.63, 3.8) is 0 Å². The van der Waals surface area contributed by atoms with Crippen LogP contribution in [-0.2, 0) is 4.79 Å². The van der Waals surface area contributed by atoms with E-state index in [1.165, 1.54) is 18.5 Å². The summed E-state index contributed by atoms with van der Waals surface area (Å²) in [5, 5.41) is 7.12. The van der Waals surface area contributed by atoms with Gasteiger partial charge in [0.1, 0.15) is 0 Å². The summed E-state index contributed by atoms with van der Waals surface area (Å²) in [5.41, 5.74) is 0. The van der Waals surface area contributed by atoms with Crippen LogP contribution in [0.25, 0.3) is 0 Å². The largest absolute Gasteiger partial charge is 0.294 e. The Morgan fingerprint density at radius 3 is 3.22 bits per heavy atom. The molecule has 0 aromatic heterocycles. The Hall–Kier alpha value is -1.25. The van der Waals surface area contributed by atoms with Gasteiger partial charge in [-0.05, 0) is 12.2 Å². The maximum atomic E-state index is 10.6. The zero-order valence-corrected chi connectivity index (χ0v) is 4.82. The van der Waals surface area contributed by atoms with Crippen LogP contribution in [0.2, 0.25) is 0 Å². The van der Waals surface area contributed by atoms with Crippen LogP contribution in [0.15, 0.2) is 22.4 Å². The number of carbonyl (C=O) groups excluding carboxylic acids is 1. The fraction of sp³-hybridized carbons (Fsp3) is 0.167. The lowest BCUT2D eigenvalue weighted by atomic mass is 10.3. The molecule has 46 valence electrons. The smallest absolute Gasteiger partial charge is 0.161 e. The second kappa shape index (κ2) is 2.91. The fourth-order valence-corrected chi connectivity index (χ4v) is 0.473. The Balaban J connectivity index is 2.70. The number of hydrogen-bond donors (Lipinski definition) is 0. The zero-order valence-electron chi connectivity index (χ0n) is 4.82. The van der Waals surface area contributed by atoms with Gasteiger partial charge >= 0.3 is 0 Å². The Labute approximate surface area is 52.8 Å². The van der Waals surface area contributed by atoms with Crippen LogP contribution < -0.4 is 0 Å². The molecule has 0 aromatic carbocycles. The lowest BCUT2D eigenvalue weighted by molar-refractivity contribution is -0.113. The molecule has 0 saturated heterocycles. The van der Waals surface area contributed by atoms with Crippen LogP contribution in [0.3, 0.4) is 0 Å². The molecule has 3 heteroatoms. The molecule has 0 atom stereocenters. The van der Waals surface area contributed by atoms with Gasteiger partial charge in [0.05, 0.1) is 0 Å². The maximum Gasteiger partial charge on any atom is 0.161 e. The average Bonchev–Trinajstić information content (AvgIpc) is 1.79. The molecule has 0 amide bonds. The van der Waals surface area contributed by atoms with Gasteiger partial charge < -0.3 is 0 Å². The van der Waals surface area contributed by atoms with E-state index >= 15 is 0 Å². The van der Waals surface area contributed by atoms with Gasteiger partial charge in [0.15, 0.2) is 5.78 Å². The Bertz CT molecular complexity index is 191. The third-order valence-corrected chi connectivity index (χ3v) is 0.876. The van der Waals surface area contributed by atoms with Crippen LogP contribution in [-0.4, -0.2) is 18.2 Å². The number of allylic oxidation sites excluding steroid dienone is 2. The summed E-state index contributed by atoms with van der Waals surface area (Å²) in [6.45, 7) is 0. The molecule has 0 N–H and O–H groups in total. The first kappa shape index (κ1) is 5.88. The number of rotatable bonds is 0. The lowest BCUT2D eigenvalue weighted by Gasteiger charge is -1.85. The van der Waals surface area contributed by atoms with Gasteiger partial charge in [-0.15, -0.1) is 0 Å². The highest BCUT2D eigenvalue weighted by molar-refractivity contribution is 6.01. The van der Waals surface area contributed by atoms with Gasteiger partial charge in [0.25, 0.3) is 0 Å². The van der Waals surface area contributed by atoms with Crippen molar-refractivity contribution in [3.8, 4) is 0 Å². The van der Waals surface area contributed by atoms with Gasteiger partial charge in [0, 0.05) is 18.9 Å². The molecular weight excluding hydrogens is 116 g/mol. The minimum atomic E-state index is 0.0601. The minimum Gasteiger partial charge on any atom is -0.294 e. The summed E-state index contributed by atoms with van der Waals surface area (Å²) in [5.74, 6) is 0.0601. The van der Waals surface area contributed by atoms with Crippen molar-refractivity contribution in [2.24, 2.45) is 10.2 Å². The van der Waals surface area contributed by atoms with E-state index in [0.29, 0.717) is 6.42 Å². The van der Waals surface area contributed by atoms with E-state index in [2.05, 4.69) is 10.2 Å². The molecule has 0 aromatic rings. The summed E-state index contributed by atoms with van der Waals surface area (Å²) in [6.07, 6.45) is 6.39. The Morgan fingerprint density at radius 2 is 2.33 bits per heavy atom. The number of ketones is 1. The number of hydrogen-bond acceptors (Lipinski definition) is 3. The van der Waals surface area contributed by atoms with E-state index in [-0.39, 0.29) is 5.78 Å². The van der Waals surface area contributed by atoms with E-state index in [1.54, 1.807) is 6.08 Å². The molecule has 0 bridgehead atoms. The zero-order chi connectivity index (χ0) is 6.53. The van der Waals surface area contributed by atoms with Crippen molar-refractivity contribution in [2.75, 3.05) is 0 Å². The first-order chi connectivity index (χ1) is 4.39. The third-order valence-electron chi connectivity index (χ3n) is 0.876. The monoisotopic (exact) mass is 122 g/mol. The van der Waals surface area contributed by atoms with Gasteiger partial charge in [-0.25, -0.2) is 0 Å². The highest BCUT2D eigenvalue weighted by Gasteiger charge is 1.91. The van der Waals surface area contributed by atoms with Gasteiger partial charge in [-0.2, -0.15) is 10.2 Å². The van der Waals surface area contributed by atoms with Crippen molar-refractivity contribution in [2.45, 2.75) is 6.42 Å². The van der Waals surface area contributed by atoms with E-state index < -0.39 is 0 Å². The van der Waals surface area contributed by atoms with E-state index in [1.807, 2.05) is 0 Å². The predicted molar refractivity (Wildman–Crippen MR) is 35.7 cm³/mol. The summed E-state index contributed by atoms with van der Waals surface area (Å²) in [7, 11) is 0.